The third-order valence-electron chi connectivity index (χ3n) is 2.00. The summed E-state index contributed by atoms with van der Waals surface area (Å²) in [5.74, 6) is 6.23. The molecule has 0 spiro atoms. The van der Waals surface area contributed by atoms with Crippen LogP contribution in [0.1, 0.15) is 36.4 Å². The zero-order valence-electron chi connectivity index (χ0n) is 10.5. The lowest BCUT2D eigenvalue weighted by Crippen LogP contribution is -2.23. The highest BCUT2D eigenvalue weighted by molar-refractivity contribution is 7.93. The fourth-order valence-electron chi connectivity index (χ4n) is 1.13. The van der Waals surface area contributed by atoms with Crippen molar-refractivity contribution in [3.8, 4) is 11.8 Å². The van der Waals surface area contributed by atoms with Crippen molar-refractivity contribution in [1.29, 1.82) is 0 Å². The first kappa shape index (κ1) is 15.0. The van der Waals surface area contributed by atoms with Crippen molar-refractivity contribution < 1.29 is 9.35 Å². The Morgan fingerprint density at radius 3 is 3.00 bits per heavy atom. The van der Waals surface area contributed by atoms with Gasteiger partial charge in [-0.15, -0.1) is 11.8 Å². The smallest absolute Gasteiger partial charge is 0.302 e. The van der Waals surface area contributed by atoms with E-state index in [1.54, 1.807) is 0 Å². The van der Waals surface area contributed by atoms with E-state index in [-0.39, 0.29) is 5.91 Å². The lowest BCUT2D eigenvalue weighted by molar-refractivity contribution is 0.0958. The molecule has 0 fully saturated rings. The van der Waals surface area contributed by atoms with Gasteiger partial charge in [0.15, 0.2) is 0 Å². The zero-order valence-corrected chi connectivity index (χ0v) is 12.1. The molecular formula is C12H16N2O2S2. The SMILES string of the molecule is CCC#CCCNC(=O)c1cnc([S+]([O-])CC)s1. The monoisotopic (exact) mass is 284 g/mol. The van der Waals surface area contributed by atoms with Crippen molar-refractivity contribution in [3.05, 3.63) is 11.1 Å². The molecule has 0 aliphatic heterocycles. The molecule has 1 atom stereocenters. The van der Waals surface area contributed by atoms with Gasteiger partial charge in [0.1, 0.15) is 10.6 Å². The number of hydrogen-bond donors (Lipinski definition) is 1. The van der Waals surface area contributed by atoms with E-state index in [9.17, 15) is 9.35 Å². The predicted molar refractivity (Wildman–Crippen MR) is 74.1 cm³/mol. The summed E-state index contributed by atoms with van der Waals surface area (Å²) in [5, 5.41) is 2.76. The van der Waals surface area contributed by atoms with E-state index in [1.807, 2.05) is 13.8 Å². The number of rotatable bonds is 5. The molecule has 18 heavy (non-hydrogen) atoms. The predicted octanol–water partition coefficient (Wildman–Crippen LogP) is 1.80. The summed E-state index contributed by atoms with van der Waals surface area (Å²) in [5.41, 5.74) is 0. The first-order chi connectivity index (χ1) is 8.69. The highest BCUT2D eigenvalue weighted by Gasteiger charge is 2.17. The highest BCUT2D eigenvalue weighted by atomic mass is 32.2. The Bertz CT molecular complexity index is 448. The van der Waals surface area contributed by atoms with E-state index in [0.29, 0.717) is 27.9 Å². The molecule has 0 aromatic carbocycles. The van der Waals surface area contributed by atoms with Gasteiger partial charge in [0.05, 0.1) is 6.20 Å². The number of carbonyl (C=O) groups excluding carboxylic acids is 1. The number of aromatic nitrogens is 1. The molecule has 1 aromatic rings. The molecule has 0 radical (unpaired) electrons. The summed E-state index contributed by atoms with van der Waals surface area (Å²) >= 11 is 0.0916. The average Bonchev–Trinajstić information content (AvgIpc) is 2.87. The number of thiazole rings is 1. The van der Waals surface area contributed by atoms with Crippen LogP contribution in [0.4, 0.5) is 0 Å². The van der Waals surface area contributed by atoms with Crippen molar-refractivity contribution in [3.63, 3.8) is 0 Å². The van der Waals surface area contributed by atoms with E-state index in [1.165, 1.54) is 17.5 Å². The van der Waals surface area contributed by atoms with Gasteiger partial charge in [-0.25, -0.2) is 0 Å². The quantitative estimate of drug-likeness (QED) is 0.509. The summed E-state index contributed by atoms with van der Waals surface area (Å²) in [6.07, 6.45) is 2.95. The topological polar surface area (TPSA) is 65.0 Å². The molecule has 0 saturated carbocycles. The third-order valence-corrected chi connectivity index (χ3v) is 4.62. The highest BCUT2D eigenvalue weighted by Crippen LogP contribution is 2.19. The van der Waals surface area contributed by atoms with Gasteiger partial charge in [-0.05, 0) is 6.92 Å². The van der Waals surface area contributed by atoms with Gasteiger partial charge >= 0.3 is 4.34 Å². The van der Waals surface area contributed by atoms with Crippen molar-refractivity contribution in [2.24, 2.45) is 0 Å². The van der Waals surface area contributed by atoms with Crippen LogP contribution in [0, 0.1) is 11.8 Å². The maximum Gasteiger partial charge on any atom is 0.302 e. The summed E-state index contributed by atoms with van der Waals surface area (Å²) in [6, 6.07) is 0. The Morgan fingerprint density at radius 2 is 2.33 bits per heavy atom. The number of hydrogen-bond acceptors (Lipinski definition) is 4. The third kappa shape index (κ3) is 4.69. The maximum absolute atomic E-state index is 11.7. The lowest BCUT2D eigenvalue weighted by Gasteiger charge is -2.01. The van der Waals surface area contributed by atoms with E-state index in [0.717, 1.165) is 6.42 Å². The fourth-order valence-corrected chi connectivity index (χ4v) is 3.11. The molecule has 1 aromatic heterocycles. The first-order valence-electron chi connectivity index (χ1n) is 5.77. The van der Waals surface area contributed by atoms with Gasteiger partial charge in [0.2, 0.25) is 0 Å². The van der Waals surface area contributed by atoms with Crippen LogP contribution in [0.5, 0.6) is 0 Å². The van der Waals surface area contributed by atoms with Crippen molar-refractivity contribution in [2.45, 2.75) is 31.0 Å². The minimum atomic E-state index is -1.09. The standard InChI is InChI=1S/C12H16N2O2S2/c1-3-5-6-7-8-13-11(15)10-9-14-12(17-10)18(16)4-2/h9H,3-4,7-8H2,1-2H3,(H,13,15). The van der Waals surface area contributed by atoms with Crippen molar-refractivity contribution >= 4 is 28.4 Å². The molecular weight excluding hydrogens is 268 g/mol. The molecule has 1 amide bonds. The van der Waals surface area contributed by atoms with Crippen molar-refractivity contribution in [1.82, 2.24) is 10.3 Å². The molecule has 4 nitrogen and oxygen atoms in total. The number of nitrogens with zero attached hydrogens (tertiary/aromatic N) is 1. The second kappa shape index (κ2) is 8.14. The average molecular weight is 284 g/mol. The van der Waals surface area contributed by atoms with Crippen LogP contribution in [-0.2, 0) is 11.2 Å². The largest absolute Gasteiger partial charge is 0.610 e. The Balaban J connectivity index is 2.44. The molecule has 0 aliphatic carbocycles. The summed E-state index contributed by atoms with van der Waals surface area (Å²) in [6.45, 7) is 4.33. The minimum Gasteiger partial charge on any atom is -0.610 e. The normalized spacial score (nSPS) is 11.5. The zero-order chi connectivity index (χ0) is 13.4. The summed E-state index contributed by atoms with van der Waals surface area (Å²) in [7, 11) is 0. The molecule has 1 heterocycles. The Morgan fingerprint density at radius 1 is 1.56 bits per heavy atom. The van der Waals surface area contributed by atoms with Crippen LogP contribution >= 0.6 is 11.3 Å². The summed E-state index contributed by atoms with van der Waals surface area (Å²) < 4.78 is 12.0. The molecule has 1 unspecified atom stereocenters. The van der Waals surface area contributed by atoms with E-state index >= 15 is 0 Å². The molecule has 1 N–H and O–H groups in total. The maximum atomic E-state index is 11.7. The van der Waals surface area contributed by atoms with Crippen LogP contribution in [-0.4, -0.2) is 27.7 Å². The molecule has 0 aliphatic rings. The lowest BCUT2D eigenvalue weighted by atomic mass is 10.4. The van der Waals surface area contributed by atoms with Gasteiger partial charge in [0.25, 0.3) is 5.91 Å². The van der Waals surface area contributed by atoms with Crippen LogP contribution < -0.4 is 5.32 Å². The van der Waals surface area contributed by atoms with Crippen LogP contribution in [0.3, 0.4) is 0 Å². The van der Waals surface area contributed by atoms with Gasteiger partial charge in [-0.2, -0.15) is 4.98 Å². The van der Waals surface area contributed by atoms with Crippen LogP contribution in [0.15, 0.2) is 10.5 Å². The Hall–Kier alpha value is -1.03. The summed E-state index contributed by atoms with van der Waals surface area (Å²) in [4.78, 5) is 16.2. The Kier molecular flexibility index (Phi) is 6.80. The number of carbonyl (C=O) groups is 1. The second-order valence-electron chi connectivity index (χ2n) is 3.34. The number of amides is 1. The number of nitrogens with one attached hydrogen (secondary N) is 1. The fraction of sp³-hybridized carbons (Fsp3) is 0.500. The van der Waals surface area contributed by atoms with Crippen LogP contribution in [0.25, 0.3) is 0 Å². The molecule has 0 saturated heterocycles. The minimum absolute atomic E-state index is 0.176. The molecule has 0 bridgehead atoms. The first-order valence-corrected chi connectivity index (χ1v) is 7.90. The van der Waals surface area contributed by atoms with E-state index in [4.69, 9.17) is 0 Å². The van der Waals surface area contributed by atoms with Gasteiger partial charge < -0.3 is 9.87 Å². The van der Waals surface area contributed by atoms with Crippen LogP contribution in [0.2, 0.25) is 0 Å². The van der Waals surface area contributed by atoms with Gasteiger partial charge in [-0.3, -0.25) is 4.79 Å². The second-order valence-corrected chi connectivity index (χ2v) is 6.28. The Labute approximate surface area is 114 Å². The van der Waals surface area contributed by atoms with Gasteiger partial charge in [-0.1, -0.05) is 18.3 Å². The molecule has 1 rings (SSSR count). The molecule has 98 valence electrons. The molecule has 6 heteroatoms. The van der Waals surface area contributed by atoms with E-state index in [2.05, 4.69) is 22.1 Å². The van der Waals surface area contributed by atoms with E-state index < -0.39 is 11.2 Å². The van der Waals surface area contributed by atoms with Gasteiger partial charge in [0, 0.05) is 30.6 Å². The van der Waals surface area contributed by atoms with Crippen molar-refractivity contribution in [2.75, 3.05) is 12.3 Å².